The zero-order valence-electron chi connectivity index (χ0n) is 8.82. The number of nitriles is 2. The quantitative estimate of drug-likeness (QED) is 0.634. The van der Waals surface area contributed by atoms with Crippen LogP contribution in [0.3, 0.4) is 0 Å². The summed E-state index contributed by atoms with van der Waals surface area (Å²) in [4.78, 5) is 4.04. The fourth-order valence-electron chi connectivity index (χ4n) is 0.981. The van der Waals surface area contributed by atoms with Gasteiger partial charge in [-0.25, -0.2) is 4.98 Å². The third-order valence-corrected chi connectivity index (χ3v) is 2.93. The van der Waals surface area contributed by atoms with Crippen LogP contribution in [0.2, 0.25) is 0 Å². The highest BCUT2D eigenvalue weighted by Gasteiger charge is 2.09. The number of thioether (sulfide) groups is 1. The van der Waals surface area contributed by atoms with Gasteiger partial charge in [-0.1, -0.05) is 12.2 Å². The van der Waals surface area contributed by atoms with E-state index in [9.17, 15) is 0 Å². The summed E-state index contributed by atoms with van der Waals surface area (Å²) in [6, 6.07) is 5.36. The number of nitrogens with two attached hydrogens (primary N) is 1. The molecule has 1 aromatic heterocycles. The third kappa shape index (κ3) is 2.75. The maximum absolute atomic E-state index is 8.92. The van der Waals surface area contributed by atoms with Crippen LogP contribution in [0.1, 0.15) is 18.1 Å². The summed E-state index contributed by atoms with van der Waals surface area (Å²) < 4.78 is 0. The highest BCUT2D eigenvalue weighted by atomic mass is 32.2. The first-order chi connectivity index (χ1) is 7.58. The second-order valence-corrected chi connectivity index (χ2v) is 4.21. The molecule has 1 heterocycles. The fourth-order valence-corrected chi connectivity index (χ4v) is 1.79. The van der Waals surface area contributed by atoms with Gasteiger partial charge in [0.15, 0.2) is 0 Å². The first-order valence-corrected chi connectivity index (χ1v) is 5.45. The average molecular weight is 230 g/mol. The van der Waals surface area contributed by atoms with Crippen molar-refractivity contribution < 1.29 is 0 Å². The van der Waals surface area contributed by atoms with Gasteiger partial charge in [-0.15, -0.1) is 11.8 Å². The van der Waals surface area contributed by atoms with Gasteiger partial charge in [-0.05, 0) is 13.0 Å². The second-order valence-electron chi connectivity index (χ2n) is 3.24. The van der Waals surface area contributed by atoms with Crippen LogP contribution < -0.4 is 5.73 Å². The summed E-state index contributed by atoms with van der Waals surface area (Å²) in [5.41, 5.74) is 7.17. The van der Waals surface area contributed by atoms with E-state index in [0.717, 1.165) is 5.57 Å². The maximum Gasteiger partial charge on any atom is 0.142 e. The monoisotopic (exact) mass is 230 g/mol. The fraction of sp³-hybridized carbons (Fsp3) is 0.182. The van der Waals surface area contributed by atoms with Gasteiger partial charge >= 0.3 is 0 Å². The van der Waals surface area contributed by atoms with Crippen LogP contribution in [-0.4, -0.2) is 10.7 Å². The molecule has 0 amide bonds. The first-order valence-electron chi connectivity index (χ1n) is 4.46. The molecule has 0 bridgehead atoms. The molecule has 80 valence electrons. The molecule has 2 N–H and O–H groups in total. The Balaban J connectivity index is 3.11. The van der Waals surface area contributed by atoms with Crippen LogP contribution in [-0.2, 0) is 0 Å². The average Bonchev–Trinajstić information content (AvgIpc) is 2.26. The summed E-state index contributed by atoms with van der Waals surface area (Å²) in [5.74, 6) is 0.832. The minimum atomic E-state index is 0.158. The Morgan fingerprint density at radius 3 is 2.62 bits per heavy atom. The number of hydrogen-bond acceptors (Lipinski definition) is 5. The van der Waals surface area contributed by atoms with Gasteiger partial charge in [0.2, 0.25) is 0 Å². The predicted molar refractivity (Wildman–Crippen MR) is 63.6 cm³/mol. The lowest BCUT2D eigenvalue weighted by molar-refractivity contribution is 1.11. The van der Waals surface area contributed by atoms with E-state index in [4.69, 9.17) is 16.3 Å². The maximum atomic E-state index is 8.92. The molecule has 0 aliphatic rings. The zero-order valence-corrected chi connectivity index (χ0v) is 9.64. The number of anilines is 1. The SMILES string of the molecule is C=C(C)CSc1nc(N)c(C#N)cc1C#N. The van der Waals surface area contributed by atoms with Gasteiger partial charge in [-0.2, -0.15) is 10.5 Å². The molecule has 5 heteroatoms. The molecule has 0 saturated heterocycles. The molecule has 0 unspecified atom stereocenters. The van der Waals surface area contributed by atoms with Gasteiger partial charge in [0, 0.05) is 5.75 Å². The molecule has 16 heavy (non-hydrogen) atoms. The molecular weight excluding hydrogens is 220 g/mol. The van der Waals surface area contributed by atoms with E-state index in [2.05, 4.69) is 11.6 Å². The predicted octanol–water partition coefficient (Wildman–Crippen LogP) is 2.08. The number of hydrogen-bond donors (Lipinski definition) is 1. The summed E-state index contributed by atoms with van der Waals surface area (Å²) in [5, 5.41) is 18.2. The second kappa shape index (κ2) is 5.20. The number of rotatable bonds is 3. The van der Waals surface area contributed by atoms with Crippen molar-refractivity contribution in [2.24, 2.45) is 0 Å². The van der Waals surface area contributed by atoms with Gasteiger partial charge in [0.25, 0.3) is 0 Å². The molecule has 0 saturated carbocycles. The van der Waals surface area contributed by atoms with Gasteiger partial charge in [0.05, 0.1) is 11.1 Å². The van der Waals surface area contributed by atoms with Crippen molar-refractivity contribution in [3.63, 3.8) is 0 Å². The van der Waals surface area contributed by atoms with Crippen LogP contribution in [0.25, 0.3) is 0 Å². The third-order valence-electron chi connectivity index (χ3n) is 1.71. The molecule has 0 aromatic carbocycles. The van der Waals surface area contributed by atoms with Crippen molar-refractivity contribution in [3.8, 4) is 12.1 Å². The van der Waals surface area contributed by atoms with E-state index in [1.807, 2.05) is 19.1 Å². The smallest absolute Gasteiger partial charge is 0.142 e. The van der Waals surface area contributed by atoms with E-state index in [1.165, 1.54) is 17.8 Å². The zero-order chi connectivity index (χ0) is 12.1. The Labute approximate surface area is 98.4 Å². The van der Waals surface area contributed by atoms with Crippen molar-refractivity contribution in [2.45, 2.75) is 11.9 Å². The highest BCUT2D eigenvalue weighted by Crippen LogP contribution is 2.24. The minimum absolute atomic E-state index is 0.158. The van der Waals surface area contributed by atoms with Crippen LogP contribution in [0.15, 0.2) is 23.2 Å². The highest BCUT2D eigenvalue weighted by molar-refractivity contribution is 7.99. The van der Waals surface area contributed by atoms with E-state index in [0.29, 0.717) is 16.3 Å². The summed E-state index contributed by atoms with van der Waals surface area (Å²) in [7, 11) is 0. The Kier molecular flexibility index (Phi) is 3.93. The van der Waals surface area contributed by atoms with Gasteiger partial charge < -0.3 is 5.73 Å². The van der Waals surface area contributed by atoms with E-state index < -0.39 is 0 Å². The topological polar surface area (TPSA) is 86.5 Å². The van der Waals surface area contributed by atoms with Crippen molar-refractivity contribution in [1.29, 1.82) is 10.5 Å². The standard InChI is InChI=1S/C11H10N4S/c1-7(2)6-16-11-9(5-13)3-8(4-12)10(14)15-11/h3H,1,6H2,2H3,(H2,14,15). The number of nitrogens with zero attached hydrogens (tertiary/aromatic N) is 3. The molecule has 0 fully saturated rings. The number of nitrogen functional groups attached to an aromatic ring is 1. The molecule has 0 spiro atoms. The summed E-state index contributed by atoms with van der Waals surface area (Å²) >= 11 is 1.39. The Bertz CT molecular complexity index is 508. The lowest BCUT2D eigenvalue weighted by Gasteiger charge is -2.05. The molecule has 1 rings (SSSR count). The normalized spacial score (nSPS) is 9.19. The molecule has 0 atom stereocenters. The first kappa shape index (κ1) is 12.1. The Morgan fingerprint density at radius 1 is 1.50 bits per heavy atom. The summed E-state index contributed by atoms with van der Waals surface area (Å²) in [6.45, 7) is 5.66. The Hall–Kier alpha value is -1.98. The van der Waals surface area contributed by atoms with Gasteiger partial charge in [-0.3, -0.25) is 0 Å². The lowest BCUT2D eigenvalue weighted by atomic mass is 10.2. The van der Waals surface area contributed by atoms with Crippen molar-refractivity contribution in [3.05, 3.63) is 29.3 Å². The molecule has 1 aromatic rings. The van der Waals surface area contributed by atoms with Crippen LogP contribution in [0.4, 0.5) is 5.82 Å². The Morgan fingerprint density at radius 2 is 2.12 bits per heavy atom. The molecule has 0 aliphatic carbocycles. The molecular formula is C11H10N4S. The van der Waals surface area contributed by atoms with E-state index in [-0.39, 0.29) is 11.4 Å². The van der Waals surface area contributed by atoms with Crippen molar-refractivity contribution in [1.82, 2.24) is 4.98 Å². The van der Waals surface area contributed by atoms with E-state index in [1.54, 1.807) is 0 Å². The van der Waals surface area contributed by atoms with Crippen LogP contribution in [0, 0.1) is 22.7 Å². The van der Waals surface area contributed by atoms with Crippen molar-refractivity contribution in [2.75, 3.05) is 11.5 Å². The van der Waals surface area contributed by atoms with E-state index >= 15 is 0 Å². The number of aromatic nitrogens is 1. The van der Waals surface area contributed by atoms with Crippen LogP contribution in [0.5, 0.6) is 0 Å². The minimum Gasteiger partial charge on any atom is -0.383 e. The molecule has 0 radical (unpaired) electrons. The lowest BCUT2D eigenvalue weighted by Crippen LogP contribution is -1.99. The summed E-state index contributed by atoms with van der Waals surface area (Å²) in [6.07, 6.45) is 0. The van der Waals surface area contributed by atoms with Crippen molar-refractivity contribution >= 4 is 17.6 Å². The number of pyridine rings is 1. The van der Waals surface area contributed by atoms with Gasteiger partial charge in [0.1, 0.15) is 23.0 Å². The largest absolute Gasteiger partial charge is 0.383 e. The van der Waals surface area contributed by atoms with Crippen LogP contribution >= 0.6 is 11.8 Å². The molecule has 0 aliphatic heterocycles. The molecule has 4 nitrogen and oxygen atoms in total.